The predicted octanol–water partition coefficient (Wildman–Crippen LogP) is 2.45. The number of halogens is 2. The molecular formula is C23H23F2N5O2. The van der Waals surface area contributed by atoms with Crippen molar-refractivity contribution in [2.45, 2.75) is 25.0 Å². The largest absolute Gasteiger partial charge is 0.367 e. The van der Waals surface area contributed by atoms with Crippen LogP contribution in [0.25, 0.3) is 22.0 Å². The number of aryl methyl sites for hydroxylation is 1. The topological polar surface area (TPSA) is 92.0 Å². The molecular weight excluding hydrogens is 416 g/mol. The van der Waals surface area contributed by atoms with E-state index in [4.69, 9.17) is 4.74 Å². The summed E-state index contributed by atoms with van der Waals surface area (Å²) in [6.45, 7) is 1.61. The van der Waals surface area contributed by atoms with Gasteiger partial charge in [-0.25, -0.2) is 4.39 Å². The summed E-state index contributed by atoms with van der Waals surface area (Å²) in [6.07, 6.45) is 0.165. The molecule has 2 N–H and O–H groups in total. The summed E-state index contributed by atoms with van der Waals surface area (Å²) < 4.78 is 35.6. The maximum atomic E-state index is 14.8. The number of hydrogen-bond acceptors (Lipinski definition) is 5. The van der Waals surface area contributed by atoms with Gasteiger partial charge in [-0.15, -0.1) is 5.10 Å². The predicted molar refractivity (Wildman–Crippen MR) is 115 cm³/mol. The lowest BCUT2D eigenvalue weighted by atomic mass is 9.99. The highest BCUT2D eigenvalue weighted by Crippen LogP contribution is 2.27. The molecule has 0 unspecified atom stereocenters. The number of benzene rings is 2. The van der Waals surface area contributed by atoms with Gasteiger partial charge >= 0.3 is 0 Å². The highest BCUT2D eigenvalue weighted by molar-refractivity contribution is 5.85. The van der Waals surface area contributed by atoms with E-state index in [2.05, 4.69) is 15.7 Å². The molecule has 1 saturated heterocycles. The van der Waals surface area contributed by atoms with Crippen LogP contribution in [0, 0.1) is 23.1 Å². The lowest BCUT2D eigenvalue weighted by Crippen LogP contribution is -2.46. The van der Waals surface area contributed by atoms with Crippen LogP contribution in [0.2, 0.25) is 0 Å². The van der Waals surface area contributed by atoms with E-state index in [0.29, 0.717) is 40.7 Å². The van der Waals surface area contributed by atoms with Gasteiger partial charge in [0, 0.05) is 26.6 Å². The molecule has 166 valence electrons. The normalized spacial score (nSPS) is 17.5. The van der Waals surface area contributed by atoms with Gasteiger partial charge in [-0.1, -0.05) is 18.2 Å². The third kappa shape index (κ3) is 4.61. The van der Waals surface area contributed by atoms with Gasteiger partial charge in [0.15, 0.2) is 0 Å². The molecule has 0 radical (unpaired) electrons. The zero-order chi connectivity index (χ0) is 22.7. The molecule has 2 heterocycles. The molecule has 0 aliphatic carbocycles. The van der Waals surface area contributed by atoms with Crippen molar-refractivity contribution in [2.75, 3.05) is 19.7 Å². The number of carbonyl (C=O) groups excluding carboxylic acids is 1. The maximum Gasteiger partial charge on any atom is 0.251 e. The van der Waals surface area contributed by atoms with Crippen molar-refractivity contribution in [3.63, 3.8) is 0 Å². The lowest BCUT2D eigenvalue weighted by Gasteiger charge is -2.18. The van der Waals surface area contributed by atoms with Crippen LogP contribution in [-0.4, -0.2) is 47.5 Å². The first-order valence-electron chi connectivity index (χ1n) is 10.4. The van der Waals surface area contributed by atoms with E-state index in [1.165, 1.54) is 10.7 Å². The van der Waals surface area contributed by atoms with Crippen molar-refractivity contribution in [2.24, 2.45) is 7.05 Å². The third-order valence-corrected chi connectivity index (χ3v) is 5.53. The molecule has 4 rings (SSSR count). The monoisotopic (exact) mass is 439 g/mol. The Morgan fingerprint density at radius 3 is 2.91 bits per heavy atom. The molecule has 3 aromatic rings. The molecule has 0 spiro atoms. The van der Waals surface area contributed by atoms with E-state index >= 15 is 0 Å². The van der Waals surface area contributed by atoms with Gasteiger partial charge < -0.3 is 15.4 Å². The number of nitrogens with one attached hydrogen (secondary N) is 2. The summed E-state index contributed by atoms with van der Waals surface area (Å²) >= 11 is 0. The average Bonchev–Trinajstić information content (AvgIpc) is 2.97. The van der Waals surface area contributed by atoms with E-state index in [0.717, 1.165) is 13.0 Å². The summed E-state index contributed by atoms with van der Waals surface area (Å²) in [5.41, 5.74) is 2.25. The van der Waals surface area contributed by atoms with Crippen LogP contribution in [-0.2, 0) is 23.0 Å². The summed E-state index contributed by atoms with van der Waals surface area (Å²) in [5, 5.41) is 19.4. The number of carbonyl (C=O) groups is 1. The molecule has 2 aromatic carbocycles. The van der Waals surface area contributed by atoms with Gasteiger partial charge in [-0.2, -0.15) is 9.65 Å². The first-order valence-corrected chi connectivity index (χ1v) is 10.4. The smallest absolute Gasteiger partial charge is 0.251 e. The van der Waals surface area contributed by atoms with E-state index in [-0.39, 0.29) is 12.3 Å². The second-order valence-corrected chi connectivity index (χ2v) is 7.76. The maximum absolute atomic E-state index is 14.8. The Kier molecular flexibility index (Phi) is 6.44. The van der Waals surface area contributed by atoms with E-state index in [9.17, 15) is 18.8 Å². The van der Waals surface area contributed by atoms with Crippen LogP contribution in [0.1, 0.15) is 12.0 Å². The van der Waals surface area contributed by atoms with Gasteiger partial charge in [0.2, 0.25) is 5.95 Å². The Morgan fingerprint density at radius 2 is 2.12 bits per heavy atom. The quantitative estimate of drug-likeness (QED) is 0.637. The number of nitriles is 1. The molecule has 7 nitrogen and oxygen atoms in total. The van der Waals surface area contributed by atoms with Crippen molar-refractivity contribution >= 4 is 16.8 Å². The molecule has 1 aliphatic heterocycles. The van der Waals surface area contributed by atoms with Gasteiger partial charge in [-0.3, -0.25) is 9.48 Å². The fraction of sp³-hybridized carbons (Fsp3) is 0.348. The third-order valence-electron chi connectivity index (χ3n) is 5.53. The molecule has 9 heteroatoms. The molecule has 1 aromatic heterocycles. The summed E-state index contributed by atoms with van der Waals surface area (Å²) in [7, 11) is 1.64. The Bertz CT molecular complexity index is 1180. The van der Waals surface area contributed by atoms with Crippen LogP contribution in [0.15, 0.2) is 36.4 Å². The number of ether oxygens (including phenoxy) is 1. The van der Waals surface area contributed by atoms with Gasteiger partial charge in [0.05, 0.1) is 17.0 Å². The van der Waals surface area contributed by atoms with Gasteiger partial charge in [0.25, 0.3) is 5.91 Å². The van der Waals surface area contributed by atoms with Crippen LogP contribution < -0.4 is 10.6 Å². The summed E-state index contributed by atoms with van der Waals surface area (Å²) in [5.74, 6) is -1.43. The van der Waals surface area contributed by atoms with Gasteiger partial charge in [0.1, 0.15) is 18.0 Å². The van der Waals surface area contributed by atoms with Crippen LogP contribution >= 0.6 is 0 Å². The number of amides is 1. The van der Waals surface area contributed by atoms with Gasteiger partial charge in [-0.05, 0) is 47.9 Å². The van der Waals surface area contributed by atoms with Crippen LogP contribution in [0.5, 0.6) is 0 Å². The molecule has 1 fully saturated rings. The Hall–Kier alpha value is -3.35. The van der Waals surface area contributed by atoms with Crippen LogP contribution in [0.4, 0.5) is 8.78 Å². The van der Waals surface area contributed by atoms with Crippen molar-refractivity contribution in [3.05, 3.63) is 53.7 Å². The minimum atomic E-state index is -0.886. The lowest BCUT2D eigenvalue weighted by molar-refractivity contribution is -0.132. The minimum Gasteiger partial charge on any atom is -0.367 e. The molecule has 0 saturated carbocycles. The fourth-order valence-electron chi connectivity index (χ4n) is 3.78. The second-order valence-electron chi connectivity index (χ2n) is 7.76. The second kappa shape index (κ2) is 9.42. The SMILES string of the molecule is Cn1nc(F)c2ccc(-c3ccc(C[C@H](C#N)NC(=O)[C@@H]4CNCCCO4)c(F)c3)cc21. The summed E-state index contributed by atoms with van der Waals surface area (Å²) in [4.78, 5) is 12.4. The number of aromatic nitrogens is 2. The molecule has 1 amide bonds. The highest BCUT2D eigenvalue weighted by atomic mass is 19.1. The van der Waals surface area contributed by atoms with E-state index in [1.54, 1.807) is 37.4 Å². The number of nitrogens with zero attached hydrogens (tertiary/aromatic N) is 3. The van der Waals surface area contributed by atoms with Crippen molar-refractivity contribution < 1.29 is 18.3 Å². The zero-order valence-corrected chi connectivity index (χ0v) is 17.6. The first-order chi connectivity index (χ1) is 15.5. The van der Waals surface area contributed by atoms with Crippen molar-refractivity contribution in [1.82, 2.24) is 20.4 Å². The first kappa shape index (κ1) is 21.9. The fourth-order valence-corrected chi connectivity index (χ4v) is 3.78. The standard InChI is InChI=1S/C23H23F2N5O2/c1-30-20-11-15(5-6-18(20)22(25)29-30)14-3-4-16(19(24)10-14)9-17(12-26)28-23(31)21-13-27-7-2-8-32-21/h3-6,10-11,17,21,27H,2,7-9,13H2,1H3,(H,28,31)/t17-,21+/m1/s1. The Labute approximate surface area is 184 Å². The average molecular weight is 439 g/mol. The van der Waals surface area contributed by atoms with E-state index < -0.39 is 23.9 Å². The molecule has 1 aliphatic rings. The molecule has 2 atom stereocenters. The number of hydrogen-bond donors (Lipinski definition) is 2. The molecule has 32 heavy (non-hydrogen) atoms. The zero-order valence-electron chi connectivity index (χ0n) is 17.6. The van der Waals surface area contributed by atoms with Crippen molar-refractivity contribution in [3.8, 4) is 17.2 Å². The number of rotatable bonds is 5. The summed E-state index contributed by atoms with van der Waals surface area (Å²) in [6, 6.07) is 10.9. The van der Waals surface area contributed by atoms with Crippen LogP contribution in [0.3, 0.4) is 0 Å². The molecule has 0 bridgehead atoms. The highest BCUT2D eigenvalue weighted by Gasteiger charge is 2.24. The van der Waals surface area contributed by atoms with Crippen molar-refractivity contribution in [1.29, 1.82) is 5.26 Å². The number of fused-ring (bicyclic) bond motifs is 1. The minimum absolute atomic E-state index is 0.0283. The Balaban J connectivity index is 1.48. The Morgan fingerprint density at radius 1 is 1.34 bits per heavy atom. The van der Waals surface area contributed by atoms with E-state index in [1.807, 2.05) is 6.07 Å².